The Hall–Kier alpha value is -0.780. The molecule has 120 valence electrons. The van der Waals surface area contributed by atoms with Gasteiger partial charge >= 0.3 is 0 Å². The third-order valence-electron chi connectivity index (χ3n) is 3.01. The van der Waals surface area contributed by atoms with Gasteiger partial charge in [0.25, 0.3) is 0 Å². The minimum atomic E-state index is -2.87. The van der Waals surface area contributed by atoms with Gasteiger partial charge in [0.05, 0.1) is 5.75 Å². The Morgan fingerprint density at radius 1 is 1.15 bits per heavy atom. The van der Waals surface area contributed by atoms with Crippen molar-refractivity contribution in [3.05, 3.63) is 0 Å². The quantitative estimate of drug-likeness (QED) is 0.387. The van der Waals surface area contributed by atoms with Gasteiger partial charge in [0, 0.05) is 25.9 Å². The number of nitrogens with one attached hydrogen (secondary N) is 2. The van der Waals surface area contributed by atoms with Gasteiger partial charge in [-0.2, -0.15) is 0 Å². The molecule has 0 aliphatic rings. The van der Waals surface area contributed by atoms with Gasteiger partial charge in [0.1, 0.15) is 9.84 Å². The number of rotatable bonds is 9. The summed E-state index contributed by atoms with van der Waals surface area (Å²) in [6.07, 6.45) is 5.42. The van der Waals surface area contributed by atoms with Crippen LogP contribution in [0.1, 0.15) is 46.5 Å². The molecule has 0 bridgehead atoms. The zero-order valence-corrected chi connectivity index (χ0v) is 14.4. The number of sulfone groups is 1. The van der Waals surface area contributed by atoms with Gasteiger partial charge in [-0.15, -0.1) is 0 Å². The molecule has 6 heteroatoms. The Labute approximate surface area is 124 Å². The molecule has 20 heavy (non-hydrogen) atoms. The lowest BCUT2D eigenvalue weighted by Crippen LogP contribution is -2.42. The molecule has 0 aromatic heterocycles. The van der Waals surface area contributed by atoms with E-state index in [1.807, 2.05) is 0 Å². The molecular formula is C14H31N3O2S. The maximum atomic E-state index is 11.0. The topological polar surface area (TPSA) is 70.6 Å². The Bertz CT molecular complexity index is 378. The Morgan fingerprint density at radius 2 is 1.80 bits per heavy atom. The van der Waals surface area contributed by atoms with Crippen LogP contribution in [0.2, 0.25) is 0 Å². The fourth-order valence-electron chi connectivity index (χ4n) is 1.87. The Kier molecular flexibility index (Phi) is 9.63. The second kappa shape index (κ2) is 10.0. The molecule has 0 heterocycles. The molecule has 0 rings (SSSR count). The number of hydrogen-bond donors (Lipinski definition) is 2. The third kappa shape index (κ3) is 12.3. The number of hydrogen-bond acceptors (Lipinski definition) is 3. The van der Waals surface area contributed by atoms with E-state index in [4.69, 9.17) is 0 Å². The van der Waals surface area contributed by atoms with E-state index >= 15 is 0 Å². The van der Waals surface area contributed by atoms with Crippen molar-refractivity contribution in [2.24, 2.45) is 10.9 Å². The molecule has 0 spiro atoms. The average molecular weight is 305 g/mol. The highest BCUT2D eigenvalue weighted by Crippen LogP contribution is 2.08. The predicted octanol–water partition coefficient (Wildman–Crippen LogP) is 1.80. The van der Waals surface area contributed by atoms with Gasteiger partial charge in [-0.05, 0) is 25.7 Å². The summed E-state index contributed by atoms with van der Waals surface area (Å²) in [6, 6.07) is 0.370. The first-order valence-corrected chi connectivity index (χ1v) is 9.45. The number of aliphatic imine (C=N–C) groups is 1. The van der Waals surface area contributed by atoms with Gasteiger partial charge in [-0.3, -0.25) is 4.99 Å². The van der Waals surface area contributed by atoms with E-state index in [0.29, 0.717) is 19.0 Å². The van der Waals surface area contributed by atoms with Crippen molar-refractivity contribution in [2.75, 3.05) is 25.6 Å². The molecule has 0 amide bonds. The standard InChI is InChI=1S/C14H31N3O2S/c1-12(2)8-6-9-13(3)17-14(15-4)16-10-7-11-20(5,18)19/h12-13H,6-11H2,1-5H3,(H2,15,16,17). The smallest absolute Gasteiger partial charge is 0.191 e. The van der Waals surface area contributed by atoms with Crippen LogP contribution in [-0.2, 0) is 9.84 Å². The highest BCUT2D eigenvalue weighted by molar-refractivity contribution is 7.90. The number of nitrogens with zero attached hydrogens (tertiary/aromatic N) is 1. The molecule has 0 aromatic rings. The van der Waals surface area contributed by atoms with Crippen LogP contribution in [0.4, 0.5) is 0 Å². The minimum absolute atomic E-state index is 0.209. The minimum Gasteiger partial charge on any atom is -0.356 e. The molecule has 2 N–H and O–H groups in total. The van der Waals surface area contributed by atoms with Crippen molar-refractivity contribution in [3.8, 4) is 0 Å². The van der Waals surface area contributed by atoms with Crippen LogP contribution in [0.5, 0.6) is 0 Å². The molecular weight excluding hydrogens is 274 g/mol. The van der Waals surface area contributed by atoms with Crippen LogP contribution >= 0.6 is 0 Å². The van der Waals surface area contributed by atoms with E-state index in [-0.39, 0.29) is 5.75 Å². The second-order valence-corrected chi connectivity index (χ2v) is 8.11. The summed E-state index contributed by atoms with van der Waals surface area (Å²) in [4.78, 5) is 4.15. The second-order valence-electron chi connectivity index (χ2n) is 5.85. The van der Waals surface area contributed by atoms with Crippen LogP contribution < -0.4 is 10.6 Å². The normalized spacial score (nSPS) is 14.4. The fourth-order valence-corrected chi connectivity index (χ4v) is 2.54. The fraction of sp³-hybridized carbons (Fsp3) is 0.929. The van der Waals surface area contributed by atoms with Crippen molar-refractivity contribution in [1.29, 1.82) is 0 Å². The summed E-state index contributed by atoms with van der Waals surface area (Å²) in [6.45, 7) is 7.23. The van der Waals surface area contributed by atoms with Crippen LogP contribution in [0, 0.1) is 5.92 Å². The van der Waals surface area contributed by atoms with Crippen molar-refractivity contribution in [2.45, 2.75) is 52.5 Å². The molecule has 0 aliphatic carbocycles. The molecule has 0 aromatic carbocycles. The highest BCUT2D eigenvalue weighted by atomic mass is 32.2. The first-order valence-electron chi connectivity index (χ1n) is 7.39. The summed E-state index contributed by atoms with van der Waals surface area (Å²) in [5.74, 6) is 1.70. The molecule has 0 fully saturated rings. The van der Waals surface area contributed by atoms with E-state index < -0.39 is 9.84 Å². The van der Waals surface area contributed by atoms with Gasteiger partial charge in [-0.1, -0.05) is 26.7 Å². The van der Waals surface area contributed by atoms with Gasteiger partial charge < -0.3 is 10.6 Å². The first-order chi connectivity index (χ1) is 9.24. The lowest BCUT2D eigenvalue weighted by Gasteiger charge is -2.18. The molecule has 1 atom stereocenters. The zero-order valence-electron chi connectivity index (χ0n) is 13.6. The van der Waals surface area contributed by atoms with E-state index in [9.17, 15) is 8.42 Å². The predicted molar refractivity (Wildman–Crippen MR) is 87.0 cm³/mol. The average Bonchev–Trinajstić information content (AvgIpc) is 2.31. The van der Waals surface area contributed by atoms with Crippen molar-refractivity contribution in [3.63, 3.8) is 0 Å². The van der Waals surface area contributed by atoms with E-state index in [1.54, 1.807) is 7.05 Å². The maximum Gasteiger partial charge on any atom is 0.191 e. The number of guanidine groups is 1. The Morgan fingerprint density at radius 3 is 2.30 bits per heavy atom. The summed E-state index contributed by atoms with van der Waals surface area (Å²) < 4.78 is 22.0. The molecule has 5 nitrogen and oxygen atoms in total. The van der Waals surface area contributed by atoms with Crippen LogP contribution in [0.25, 0.3) is 0 Å². The van der Waals surface area contributed by atoms with Gasteiger partial charge in [-0.25, -0.2) is 8.42 Å². The highest BCUT2D eigenvalue weighted by Gasteiger charge is 2.06. The molecule has 0 saturated carbocycles. The molecule has 0 aliphatic heterocycles. The van der Waals surface area contributed by atoms with Crippen molar-refractivity contribution < 1.29 is 8.42 Å². The molecule has 0 radical (unpaired) electrons. The summed E-state index contributed by atoms with van der Waals surface area (Å²) in [5.41, 5.74) is 0. The van der Waals surface area contributed by atoms with Crippen LogP contribution in [-0.4, -0.2) is 46.0 Å². The summed E-state index contributed by atoms with van der Waals surface area (Å²) >= 11 is 0. The van der Waals surface area contributed by atoms with E-state index in [0.717, 1.165) is 18.3 Å². The molecule has 1 unspecified atom stereocenters. The Balaban J connectivity index is 3.86. The first kappa shape index (κ1) is 19.2. The van der Waals surface area contributed by atoms with Gasteiger partial charge in [0.2, 0.25) is 0 Å². The third-order valence-corrected chi connectivity index (χ3v) is 4.04. The van der Waals surface area contributed by atoms with Gasteiger partial charge in [0.15, 0.2) is 5.96 Å². The zero-order chi connectivity index (χ0) is 15.6. The van der Waals surface area contributed by atoms with Crippen molar-refractivity contribution >= 4 is 15.8 Å². The SMILES string of the molecule is CN=C(NCCCS(C)(=O)=O)NC(C)CCCC(C)C. The summed E-state index contributed by atoms with van der Waals surface area (Å²) in [7, 11) is -1.14. The van der Waals surface area contributed by atoms with Crippen LogP contribution in [0.3, 0.4) is 0 Å². The van der Waals surface area contributed by atoms with Crippen molar-refractivity contribution in [1.82, 2.24) is 10.6 Å². The van der Waals surface area contributed by atoms with E-state index in [2.05, 4.69) is 36.4 Å². The monoisotopic (exact) mass is 305 g/mol. The molecule has 0 saturated heterocycles. The lowest BCUT2D eigenvalue weighted by molar-refractivity contribution is 0.491. The maximum absolute atomic E-state index is 11.0. The largest absolute Gasteiger partial charge is 0.356 e. The van der Waals surface area contributed by atoms with E-state index in [1.165, 1.54) is 19.1 Å². The summed E-state index contributed by atoms with van der Waals surface area (Å²) in [5, 5.41) is 6.47. The lowest BCUT2D eigenvalue weighted by atomic mass is 10.0. The van der Waals surface area contributed by atoms with Crippen LogP contribution in [0.15, 0.2) is 4.99 Å².